The van der Waals surface area contributed by atoms with Gasteiger partial charge in [-0.3, -0.25) is 4.98 Å². The summed E-state index contributed by atoms with van der Waals surface area (Å²) >= 11 is 0. The Labute approximate surface area is 110 Å². The Balaban J connectivity index is 2.00. The summed E-state index contributed by atoms with van der Waals surface area (Å²) in [6, 6.07) is 11.2. The minimum atomic E-state index is 0.436. The molecule has 0 saturated carbocycles. The van der Waals surface area contributed by atoms with Crippen LogP contribution in [0.4, 0.5) is 5.69 Å². The molecule has 2 aromatic heterocycles. The maximum absolute atomic E-state index is 5.89. The van der Waals surface area contributed by atoms with Crippen molar-refractivity contribution in [1.29, 1.82) is 0 Å². The molecule has 19 heavy (non-hydrogen) atoms. The number of nitrogens with zero attached hydrogens (tertiary/aromatic N) is 3. The van der Waals surface area contributed by atoms with E-state index in [-0.39, 0.29) is 0 Å². The second kappa shape index (κ2) is 4.53. The lowest BCUT2D eigenvalue weighted by Crippen LogP contribution is -1.90. The van der Waals surface area contributed by atoms with E-state index in [0.717, 1.165) is 16.8 Å². The minimum absolute atomic E-state index is 0.436. The molecule has 0 saturated heterocycles. The average Bonchev–Trinajstić information content (AvgIpc) is 2.89. The van der Waals surface area contributed by atoms with Crippen molar-refractivity contribution < 1.29 is 4.52 Å². The smallest absolute Gasteiger partial charge is 0.259 e. The monoisotopic (exact) mass is 252 g/mol. The molecule has 0 bridgehead atoms. The SMILES string of the molecule is Cc1ccc(-c2nc(-c3ccccc3N)no2)cn1. The summed E-state index contributed by atoms with van der Waals surface area (Å²) in [5.41, 5.74) is 9.00. The van der Waals surface area contributed by atoms with Crippen LogP contribution in [0.3, 0.4) is 0 Å². The normalized spacial score (nSPS) is 10.6. The number of aromatic nitrogens is 3. The number of hydrogen-bond acceptors (Lipinski definition) is 5. The molecule has 0 fully saturated rings. The maximum atomic E-state index is 5.89. The van der Waals surface area contributed by atoms with Crippen LogP contribution in [0.1, 0.15) is 5.69 Å². The lowest BCUT2D eigenvalue weighted by atomic mass is 10.2. The standard InChI is InChI=1S/C14H12N4O/c1-9-6-7-10(8-16-9)14-17-13(18-19-14)11-4-2-3-5-12(11)15/h2-8H,15H2,1H3. The summed E-state index contributed by atoms with van der Waals surface area (Å²) in [7, 11) is 0. The number of nitrogens with two attached hydrogens (primary N) is 1. The molecule has 0 aliphatic rings. The van der Waals surface area contributed by atoms with Gasteiger partial charge in [0.15, 0.2) is 0 Å². The van der Waals surface area contributed by atoms with Gasteiger partial charge in [0.25, 0.3) is 5.89 Å². The first-order chi connectivity index (χ1) is 9.24. The van der Waals surface area contributed by atoms with Gasteiger partial charge in [0.1, 0.15) is 0 Å². The predicted octanol–water partition coefficient (Wildman–Crippen LogP) is 2.69. The first kappa shape index (κ1) is 11.4. The fourth-order valence-corrected chi connectivity index (χ4v) is 1.75. The summed E-state index contributed by atoms with van der Waals surface area (Å²) in [5.74, 6) is 0.916. The maximum Gasteiger partial charge on any atom is 0.259 e. The van der Waals surface area contributed by atoms with Gasteiger partial charge >= 0.3 is 0 Å². The highest BCUT2D eigenvalue weighted by molar-refractivity contribution is 5.71. The zero-order chi connectivity index (χ0) is 13.2. The first-order valence-electron chi connectivity index (χ1n) is 5.85. The van der Waals surface area contributed by atoms with Crippen LogP contribution in [0.2, 0.25) is 0 Å². The van der Waals surface area contributed by atoms with Gasteiger partial charge in [-0.15, -0.1) is 0 Å². The zero-order valence-electron chi connectivity index (χ0n) is 10.4. The first-order valence-corrected chi connectivity index (χ1v) is 5.85. The van der Waals surface area contributed by atoms with Crippen molar-refractivity contribution in [2.45, 2.75) is 6.92 Å². The largest absolute Gasteiger partial charge is 0.398 e. The second-order valence-corrected chi connectivity index (χ2v) is 4.20. The van der Waals surface area contributed by atoms with E-state index in [4.69, 9.17) is 10.3 Å². The van der Waals surface area contributed by atoms with Crippen molar-refractivity contribution in [2.24, 2.45) is 0 Å². The molecule has 0 radical (unpaired) electrons. The molecule has 5 heteroatoms. The van der Waals surface area contributed by atoms with E-state index in [1.54, 1.807) is 12.3 Å². The molecule has 0 aliphatic carbocycles. The van der Waals surface area contributed by atoms with E-state index in [0.29, 0.717) is 17.4 Å². The van der Waals surface area contributed by atoms with E-state index in [9.17, 15) is 0 Å². The number of benzene rings is 1. The molecule has 3 rings (SSSR count). The Hall–Kier alpha value is -2.69. The number of aryl methyl sites for hydroxylation is 1. The highest BCUT2D eigenvalue weighted by Gasteiger charge is 2.12. The molecule has 0 atom stereocenters. The molecule has 5 nitrogen and oxygen atoms in total. The molecule has 0 amide bonds. The van der Waals surface area contributed by atoms with Gasteiger partial charge in [-0.25, -0.2) is 0 Å². The number of anilines is 1. The third-order valence-electron chi connectivity index (χ3n) is 2.79. The van der Waals surface area contributed by atoms with Crippen LogP contribution in [0.5, 0.6) is 0 Å². The Bertz CT molecular complexity index is 703. The molecule has 0 spiro atoms. The lowest BCUT2D eigenvalue weighted by molar-refractivity contribution is 0.432. The average molecular weight is 252 g/mol. The van der Waals surface area contributed by atoms with Gasteiger partial charge in [-0.2, -0.15) is 4.98 Å². The Morgan fingerprint density at radius 2 is 1.95 bits per heavy atom. The number of para-hydroxylation sites is 1. The third-order valence-corrected chi connectivity index (χ3v) is 2.79. The van der Waals surface area contributed by atoms with Crippen LogP contribution in [-0.2, 0) is 0 Å². The van der Waals surface area contributed by atoms with Crippen molar-refractivity contribution in [1.82, 2.24) is 15.1 Å². The molecule has 94 valence electrons. The molecular formula is C14H12N4O. The number of hydrogen-bond donors (Lipinski definition) is 1. The quantitative estimate of drug-likeness (QED) is 0.709. The van der Waals surface area contributed by atoms with Gasteiger partial charge in [-0.1, -0.05) is 17.3 Å². The van der Waals surface area contributed by atoms with Gasteiger partial charge < -0.3 is 10.3 Å². The number of pyridine rings is 1. The summed E-state index contributed by atoms with van der Waals surface area (Å²) in [5, 5.41) is 3.95. The zero-order valence-corrected chi connectivity index (χ0v) is 10.4. The topological polar surface area (TPSA) is 77.8 Å². The van der Waals surface area contributed by atoms with Crippen LogP contribution in [0.15, 0.2) is 47.1 Å². The van der Waals surface area contributed by atoms with E-state index in [1.165, 1.54) is 0 Å². The third kappa shape index (κ3) is 2.18. The summed E-state index contributed by atoms with van der Waals surface area (Å²) in [6.07, 6.45) is 1.71. The summed E-state index contributed by atoms with van der Waals surface area (Å²) < 4.78 is 5.24. The number of nitrogen functional groups attached to an aromatic ring is 1. The minimum Gasteiger partial charge on any atom is -0.398 e. The summed E-state index contributed by atoms with van der Waals surface area (Å²) in [4.78, 5) is 8.55. The predicted molar refractivity (Wildman–Crippen MR) is 72.1 cm³/mol. The molecule has 0 unspecified atom stereocenters. The number of rotatable bonds is 2. The van der Waals surface area contributed by atoms with Crippen LogP contribution >= 0.6 is 0 Å². The molecule has 0 aliphatic heterocycles. The van der Waals surface area contributed by atoms with E-state index in [1.807, 2.05) is 37.3 Å². The summed E-state index contributed by atoms with van der Waals surface area (Å²) in [6.45, 7) is 1.92. The fourth-order valence-electron chi connectivity index (χ4n) is 1.75. The van der Waals surface area contributed by atoms with Crippen LogP contribution < -0.4 is 5.73 Å². The highest BCUT2D eigenvalue weighted by atomic mass is 16.5. The van der Waals surface area contributed by atoms with Gasteiger partial charge in [0.2, 0.25) is 5.82 Å². The Kier molecular flexibility index (Phi) is 2.72. The van der Waals surface area contributed by atoms with Gasteiger partial charge in [0, 0.05) is 23.1 Å². The van der Waals surface area contributed by atoms with Crippen LogP contribution in [0.25, 0.3) is 22.8 Å². The highest BCUT2D eigenvalue weighted by Crippen LogP contribution is 2.25. The van der Waals surface area contributed by atoms with Crippen molar-refractivity contribution in [3.05, 3.63) is 48.3 Å². The van der Waals surface area contributed by atoms with E-state index >= 15 is 0 Å². The Morgan fingerprint density at radius 3 is 2.68 bits per heavy atom. The second-order valence-electron chi connectivity index (χ2n) is 4.20. The molecular weight excluding hydrogens is 240 g/mol. The van der Waals surface area contributed by atoms with Crippen molar-refractivity contribution in [3.8, 4) is 22.8 Å². The molecule has 2 N–H and O–H groups in total. The van der Waals surface area contributed by atoms with Crippen LogP contribution in [0, 0.1) is 6.92 Å². The van der Waals surface area contributed by atoms with Crippen molar-refractivity contribution in [2.75, 3.05) is 5.73 Å². The van der Waals surface area contributed by atoms with Crippen molar-refractivity contribution >= 4 is 5.69 Å². The fraction of sp³-hybridized carbons (Fsp3) is 0.0714. The molecule has 1 aromatic carbocycles. The lowest BCUT2D eigenvalue weighted by Gasteiger charge is -1.98. The molecule has 3 aromatic rings. The molecule has 2 heterocycles. The van der Waals surface area contributed by atoms with Gasteiger partial charge in [-0.05, 0) is 31.2 Å². The van der Waals surface area contributed by atoms with Crippen LogP contribution in [-0.4, -0.2) is 15.1 Å². The van der Waals surface area contributed by atoms with E-state index in [2.05, 4.69) is 15.1 Å². The van der Waals surface area contributed by atoms with E-state index < -0.39 is 0 Å². The van der Waals surface area contributed by atoms with Crippen molar-refractivity contribution in [3.63, 3.8) is 0 Å². The Morgan fingerprint density at radius 1 is 1.11 bits per heavy atom. The van der Waals surface area contributed by atoms with Gasteiger partial charge in [0.05, 0.1) is 5.56 Å².